The number of hydrogen-bond donors (Lipinski definition) is 1. The number of nitrogens with one attached hydrogen (secondary N) is 1. The van der Waals surface area contributed by atoms with Crippen molar-refractivity contribution in [3.05, 3.63) is 71.8 Å². The molecule has 0 spiro atoms. The number of nitrogens with zero attached hydrogens (tertiary/aromatic N) is 5. The third-order valence-electron chi connectivity index (χ3n) is 5.65. The molecule has 5 rings (SSSR count). The summed E-state index contributed by atoms with van der Waals surface area (Å²) in [5, 5.41) is 8.38. The van der Waals surface area contributed by atoms with E-state index in [1.54, 1.807) is 25.2 Å². The number of aromatic nitrogens is 5. The van der Waals surface area contributed by atoms with Gasteiger partial charge >= 0.3 is 0 Å². The van der Waals surface area contributed by atoms with E-state index in [0.717, 1.165) is 39.5 Å². The second-order valence-corrected chi connectivity index (χ2v) is 8.12. The lowest BCUT2D eigenvalue weighted by Gasteiger charge is -2.12. The number of hydrogen-bond acceptors (Lipinski definition) is 6. The zero-order valence-electron chi connectivity index (χ0n) is 19.2. The quantitative estimate of drug-likeness (QED) is 0.348. The molecule has 0 saturated carbocycles. The summed E-state index contributed by atoms with van der Waals surface area (Å²) in [6.07, 6.45) is 1.67. The predicted molar refractivity (Wildman–Crippen MR) is 134 cm³/mol. The molecule has 0 atom stereocenters. The molecule has 5 aromatic rings. The Hall–Kier alpha value is -4.04. The molecule has 34 heavy (non-hydrogen) atoms. The maximum Gasteiger partial charge on any atom is 0.147 e. The molecule has 0 saturated heterocycles. The average molecular weight is 475 g/mol. The highest BCUT2D eigenvalue weighted by molar-refractivity contribution is 6.34. The first kappa shape index (κ1) is 21.8. The number of imidazole rings is 1. The summed E-state index contributed by atoms with van der Waals surface area (Å²) in [5.41, 5.74) is 5.13. The van der Waals surface area contributed by atoms with Crippen molar-refractivity contribution in [1.29, 1.82) is 0 Å². The summed E-state index contributed by atoms with van der Waals surface area (Å²) in [6.45, 7) is 1.85. The third kappa shape index (κ3) is 3.72. The summed E-state index contributed by atoms with van der Waals surface area (Å²) in [4.78, 5) is 9.13. The summed E-state index contributed by atoms with van der Waals surface area (Å²) in [6, 6.07) is 17.5. The second kappa shape index (κ2) is 8.72. The van der Waals surface area contributed by atoms with Crippen LogP contribution in [0.3, 0.4) is 0 Å². The van der Waals surface area contributed by atoms with Gasteiger partial charge in [0.2, 0.25) is 0 Å². The Bertz CT molecular complexity index is 1510. The van der Waals surface area contributed by atoms with Gasteiger partial charge in [0.25, 0.3) is 0 Å². The molecule has 0 amide bonds. The molecule has 9 heteroatoms. The lowest BCUT2D eigenvalue weighted by atomic mass is 10.2. The molecule has 0 unspecified atom stereocenters. The van der Waals surface area contributed by atoms with Crippen molar-refractivity contribution in [2.75, 3.05) is 19.5 Å². The first-order valence-electron chi connectivity index (χ1n) is 10.6. The smallest absolute Gasteiger partial charge is 0.147 e. The number of ether oxygens (including phenoxy) is 2. The van der Waals surface area contributed by atoms with Crippen LogP contribution >= 0.6 is 11.6 Å². The molecule has 8 nitrogen and oxygen atoms in total. The lowest BCUT2D eigenvalue weighted by molar-refractivity contribution is 0.412. The molecular weight excluding hydrogens is 452 g/mol. The van der Waals surface area contributed by atoms with Crippen molar-refractivity contribution in [2.45, 2.75) is 6.92 Å². The summed E-state index contributed by atoms with van der Waals surface area (Å²) in [7, 11) is 5.21. The van der Waals surface area contributed by atoms with Gasteiger partial charge in [-0.05, 0) is 43.3 Å². The largest absolute Gasteiger partial charge is 0.495 e. The van der Waals surface area contributed by atoms with Gasteiger partial charge in [0, 0.05) is 24.4 Å². The first-order valence-corrected chi connectivity index (χ1v) is 11.0. The lowest BCUT2D eigenvalue weighted by Crippen LogP contribution is -2.00. The monoisotopic (exact) mass is 474 g/mol. The Balaban J connectivity index is 1.55. The molecule has 0 aliphatic heterocycles. The Morgan fingerprint density at radius 1 is 0.971 bits per heavy atom. The fraction of sp³-hybridized carbons (Fsp3) is 0.160. The van der Waals surface area contributed by atoms with Crippen LogP contribution < -0.4 is 14.8 Å². The van der Waals surface area contributed by atoms with Crippen LogP contribution in [0.4, 0.5) is 11.4 Å². The highest BCUT2D eigenvalue weighted by Crippen LogP contribution is 2.37. The highest BCUT2D eigenvalue weighted by atomic mass is 35.5. The van der Waals surface area contributed by atoms with Crippen molar-refractivity contribution in [2.24, 2.45) is 7.05 Å². The number of fused-ring (bicyclic) bond motifs is 1. The second-order valence-electron chi connectivity index (χ2n) is 7.74. The normalized spacial score (nSPS) is 11.1. The number of anilines is 2. The van der Waals surface area contributed by atoms with Gasteiger partial charge in [-0.1, -0.05) is 23.7 Å². The van der Waals surface area contributed by atoms with Crippen molar-refractivity contribution < 1.29 is 9.47 Å². The van der Waals surface area contributed by atoms with E-state index in [2.05, 4.69) is 15.4 Å². The van der Waals surface area contributed by atoms with E-state index in [0.29, 0.717) is 22.3 Å². The van der Waals surface area contributed by atoms with E-state index in [1.165, 1.54) is 0 Å². The maximum absolute atomic E-state index is 6.59. The Kier molecular flexibility index (Phi) is 5.59. The van der Waals surface area contributed by atoms with Gasteiger partial charge in [-0.25, -0.2) is 14.6 Å². The van der Waals surface area contributed by atoms with Crippen LogP contribution in [0.2, 0.25) is 5.02 Å². The van der Waals surface area contributed by atoms with Crippen LogP contribution in [-0.4, -0.2) is 38.5 Å². The zero-order chi connectivity index (χ0) is 23.8. The summed E-state index contributed by atoms with van der Waals surface area (Å²) >= 11 is 6.59. The molecule has 1 N–H and O–H groups in total. The van der Waals surface area contributed by atoms with E-state index in [4.69, 9.17) is 26.1 Å². The Morgan fingerprint density at radius 3 is 2.50 bits per heavy atom. The van der Waals surface area contributed by atoms with Crippen molar-refractivity contribution in [1.82, 2.24) is 24.3 Å². The number of para-hydroxylation sites is 1. The Morgan fingerprint density at radius 2 is 1.76 bits per heavy atom. The third-order valence-corrected chi connectivity index (χ3v) is 6.04. The molecule has 0 radical (unpaired) electrons. The van der Waals surface area contributed by atoms with Gasteiger partial charge in [0.15, 0.2) is 0 Å². The molecule has 2 heterocycles. The molecule has 0 aliphatic carbocycles. The topological polar surface area (TPSA) is 79.0 Å². The van der Waals surface area contributed by atoms with Crippen LogP contribution in [0, 0.1) is 6.92 Å². The molecule has 2 aromatic heterocycles. The number of aryl methyl sites for hydroxylation is 2. The Labute approximate surface area is 201 Å². The van der Waals surface area contributed by atoms with Crippen LogP contribution in [0.15, 0.2) is 60.9 Å². The van der Waals surface area contributed by atoms with Crippen molar-refractivity contribution in [3.8, 4) is 28.6 Å². The fourth-order valence-electron chi connectivity index (χ4n) is 3.96. The molecule has 0 bridgehead atoms. The number of methoxy groups -OCH3 is 2. The van der Waals surface area contributed by atoms with Crippen LogP contribution in [0.5, 0.6) is 11.5 Å². The zero-order valence-corrected chi connectivity index (χ0v) is 20.0. The van der Waals surface area contributed by atoms with E-state index in [9.17, 15) is 0 Å². The van der Waals surface area contributed by atoms with Crippen molar-refractivity contribution >= 4 is 34.0 Å². The minimum Gasteiger partial charge on any atom is -0.495 e. The van der Waals surface area contributed by atoms with Crippen molar-refractivity contribution in [3.63, 3.8) is 0 Å². The SMILES string of the molecule is COc1cc(Nc2cccc3c2nc(-c2cccc(OC)c2Cl)n3C)ccc1-n1cnc(C)n1. The molecular formula is C25H23ClN6O2. The van der Waals surface area contributed by atoms with Gasteiger partial charge in [0.1, 0.15) is 40.7 Å². The molecule has 0 fully saturated rings. The van der Waals surface area contributed by atoms with Gasteiger partial charge in [-0.15, -0.1) is 0 Å². The van der Waals surface area contributed by atoms with Gasteiger partial charge in [-0.2, -0.15) is 5.10 Å². The summed E-state index contributed by atoms with van der Waals surface area (Å²) < 4.78 is 14.7. The molecule has 0 aliphatic rings. The van der Waals surface area contributed by atoms with Gasteiger partial charge in [-0.3, -0.25) is 0 Å². The summed E-state index contributed by atoms with van der Waals surface area (Å²) in [5.74, 6) is 2.73. The first-order chi connectivity index (χ1) is 16.5. The average Bonchev–Trinajstić information content (AvgIpc) is 3.43. The molecule has 3 aromatic carbocycles. The maximum atomic E-state index is 6.59. The molecule has 172 valence electrons. The fourth-order valence-corrected chi connectivity index (χ4v) is 4.25. The standard InChI is InChI=1S/C25H23ClN6O2/c1-15-27-14-32(30-15)19-12-11-16(13-22(19)34-4)28-18-8-6-9-20-24(18)29-25(31(20)2)17-7-5-10-21(33-3)23(17)26/h5-14,28H,1-4H3. The van der Waals surface area contributed by atoms with Crippen LogP contribution in [0.25, 0.3) is 28.1 Å². The van der Waals surface area contributed by atoms with E-state index in [-0.39, 0.29) is 0 Å². The number of benzene rings is 3. The van der Waals surface area contributed by atoms with Gasteiger partial charge in [0.05, 0.1) is 30.4 Å². The number of rotatable bonds is 6. The van der Waals surface area contributed by atoms with Gasteiger partial charge < -0.3 is 19.4 Å². The predicted octanol–water partition coefficient (Wildman–Crippen LogP) is 5.54. The van der Waals surface area contributed by atoms with Crippen LogP contribution in [0.1, 0.15) is 5.82 Å². The minimum atomic E-state index is 0.529. The highest BCUT2D eigenvalue weighted by Gasteiger charge is 2.17. The van der Waals surface area contributed by atoms with E-state index in [1.807, 2.05) is 73.1 Å². The van der Waals surface area contributed by atoms with E-state index < -0.39 is 0 Å². The number of halogens is 1. The van der Waals surface area contributed by atoms with E-state index >= 15 is 0 Å². The minimum absolute atomic E-state index is 0.529. The van der Waals surface area contributed by atoms with Crippen LogP contribution in [-0.2, 0) is 7.05 Å².